The van der Waals surface area contributed by atoms with E-state index < -0.39 is 70.6 Å². The summed E-state index contributed by atoms with van der Waals surface area (Å²) in [4.78, 5) is 6.03. The predicted octanol–water partition coefficient (Wildman–Crippen LogP) is 4.46. The zero-order valence-electron chi connectivity index (χ0n) is 19.8. The van der Waals surface area contributed by atoms with Gasteiger partial charge >= 0.3 is 0 Å². The second-order valence-electron chi connectivity index (χ2n) is 8.21. The molecule has 0 radical (unpaired) electrons. The summed E-state index contributed by atoms with van der Waals surface area (Å²) in [5.74, 6) is -9.72. The van der Waals surface area contributed by atoms with Gasteiger partial charge in [0.15, 0.2) is 40.3 Å². The van der Waals surface area contributed by atoms with E-state index in [9.17, 15) is 43.2 Å². The fourth-order valence-corrected chi connectivity index (χ4v) is 5.75. The van der Waals surface area contributed by atoms with Gasteiger partial charge in [-0.15, -0.1) is 0 Å². The maximum absolute atomic E-state index is 14.0. The van der Waals surface area contributed by atoms with Crippen LogP contribution in [0, 0.1) is 34.9 Å². The van der Waals surface area contributed by atoms with Crippen molar-refractivity contribution < 1.29 is 43.2 Å². The molecule has 18 heteroatoms. The molecular weight excluding hydrogens is 602 g/mol. The van der Waals surface area contributed by atoms with E-state index >= 15 is 0 Å². The Bertz CT molecular complexity index is 2060. The summed E-state index contributed by atoms with van der Waals surface area (Å²) >= 11 is 0. The molecule has 41 heavy (non-hydrogen) atoms. The maximum atomic E-state index is 14.0. The summed E-state index contributed by atoms with van der Waals surface area (Å²) in [5.41, 5.74) is 0.364. The molecule has 2 aromatic heterocycles. The summed E-state index contributed by atoms with van der Waals surface area (Å²) in [6, 6.07) is 5.87. The monoisotopic (exact) mass is 614 g/mol. The zero-order chi connectivity index (χ0) is 29.7. The summed E-state index contributed by atoms with van der Waals surface area (Å²) in [7, 11) is -9.38. The third-order valence-electron chi connectivity index (χ3n) is 5.46. The molecular formula is C23H12F6N6O4S2. The number of halogens is 6. The number of nitrogens with one attached hydrogen (secondary N) is 3. The number of H-pyrrole nitrogens is 1. The molecule has 0 saturated heterocycles. The highest BCUT2D eigenvalue weighted by molar-refractivity contribution is 7.93. The van der Waals surface area contributed by atoms with E-state index in [1.165, 1.54) is 30.5 Å². The second-order valence-corrected chi connectivity index (χ2v) is 11.5. The summed E-state index contributed by atoms with van der Waals surface area (Å²) in [6.45, 7) is 0. The van der Waals surface area contributed by atoms with Crippen molar-refractivity contribution in [1.29, 1.82) is 0 Å². The van der Waals surface area contributed by atoms with Gasteiger partial charge in [-0.2, -0.15) is 5.10 Å². The molecule has 0 saturated carbocycles. The first-order valence-corrected chi connectivity index (χ1v) is 13.9. The lowest BCUT2D eigenvalue weighted by Gasteiger charge is -2.10. The molecule has 3 N–H and O–H groups in total. The lowest BCUT2D eigenvalue weighted by atomic mass is 10.1. The van der Waals surface area contributed by atoms with Gasteiger partial charge in [0, 0.05) is 35.5 Å². The molecule has 0 unspecified atom stereocenters. The Labute approximate surface area is 226 Å². The average Bonchev–Trinajstić information content (AvgIpc) is 3.29. The topological polar surface area (TPSA) is 147 Å². The van der Waals surface area contributed by atoms with E-state index in [0.717, 1.165) is 0 Å². The van der Waals surface area contributed by atoms with E-state index in [4.69, 9.17) is 0 Å². The Kier molecular flexibility index (Phi) is 6.82. The van der Waals surface area contributed by atoms with Crippen molar-refractivity contribution in [3.8, 4) is 11.3 Å². The largest absolute Gasteiger partial charge is 0.280 e. The lowest BCUT2D eigenvalue weighted by Crippen LogP contribution is -2.16. The van der Waals surface area contributed by atoms with Gasteiger partial charge in [-0.3, -0.25) is 14.5 Å². The Morgan fingerprint density at radius 1 is 0.659 bits per heavy atom. The Hall–Kier alpha value is -4.71. The van der Waals surface area contributed by atoms with Crippen molar-refractivity contribution in [2.45, 2.75) is 9.79 Å². The molecule has 5 aromatic rings. The van der Waals surface area contributed by atoms with Crippen LogP contribution in [-0.2, 0) is 20.0 Å². The SMILES string of the molecule is O=S(=O)(Nc1ccc(-c2cnc3c(NS(=O)(=O)c4cc(F)c(F)cc4F)n[nH]c3n2)cc1)c1cc(F)c(F)cc1F. The molecule has 2 heterocycles. The van der Waals surface area contributed by atoms with E-state index in [1.54, 1.807) is 0 Å². The number of benzene rings is 3. The fraction of sp³-hybridized carbons (Fsp3) is 0. The zero-order valence-corrected chi connectivity index (χ0v) is 21.4. The molecule has 0 amide bonds. The Balaban J connectivity index is 1.37. The normalized spacial score (nSPS) is 12.0. The molecule has 0 aliphatic rings. The van der Waals surface area contributed by atoms with Crippen molar-refractivity contribution in [3.05, 3.63) is 89.6 Å². The quantitative estimate of drug-likeness (QED) is 0.181. The first-order valence-electron chi connectivity index (χ1n) is 10.9. The van der Waals surface area contributed by atoms with Gasteiger partial charge in [0.1, 0.15) is 21.4 Å². The minimum absolute atomic E-state index is 0.0375. The van der Waals surface area contributed by atoms with Crippen LogP contribution in [0.4, 0.5) is 37.8 Å². The van der Waals surface area contributed by atoms with Crippen LogP contribution in [0.3, 0.4) is 0 Å². The van der Waals surface area contributed by atoms with Crippen LogP contribution in [-0.4, -0.2) is 37.0 Å². The first kappa shape index (κ1) is 27.8. The fourth-order valence-electron chi connectivity index (χ4n) is 3.53. The summed E-state index contributed by atoms with van der Waals surface area (Å²) < 4.78 is 135. The maximum Gasteiger partial charge on any atom is 0.266 e. The van der Waals surface area contributed by atoms with E-state index in [1.807, 2.05) is 9.44 Å². The van der Waals surface area contributed by atoms with Crippen LogP contribution < -0.4 is 9.44 Å². The Morgan fingerprint density at radius 2 is 1.17 bits per heavy atom. The smallest absolute Gasteiger partial charge is 0.266 e. The number of hydrogen-bond donors (Lipinski definition) is 3. The minimum Gasteiger partial charge on any atom is -0.280 e. The van der Waals surface area contributed by atoms with Crippen LogP contribution in [0.2, 0.25) is 0 Å². The van der Waals surface area contributed by atoms with Gasteiger partial charge in [-0.1, -0.05) is 12.1 Å². The number of nitrogens with zero attached hydrogens (tertiary/aromatic N) is 3. The van der Waals surface area contributed by atoms with Gasteiger partial charge in [0.05, 0.1) is 11.9 Å². The highest BCUT2D eigenvalue weighted by Gasteiger charge is 2.25. The van der Waals surface area contributed by atoms with Crippen molar-refractivity contribution in [2.24, 2.45) is 0 Å². The summed E-state index contributed by atoms with van der Waals surface area (Å²) in [5, 5.41) is 6.14. The van der Waals surface area contributed by atoms with Crippen molar-refractivity contribution in [3.63, 3.8) is 0 Å². The number of hydrogen-bond acceptors (Lipinski definition) is 7. The molecule has 0 atom stereocenters. The van der Waals surface area contributed by atoms with Gasteiger partial charge in [-0.05, 0) is 12.1 Å². The number of rotatable bonds is 7. The number of fused-ring (bicyclic) bond motifs is 1. The molecule has 0 aliphatic heterocycles. The van der Waals surface area contributed by atoms with E-state index in [0.29, 0.717) is 5.56 Å². The number of anilines is 2. The second kappa shape index (κ2) is 10.0. The van der Waals surface area contributed by atoms with Gasteiger partial charge in [-0.25, -0.2) is 53.1 Å². The third kappa shape index (κ3) is 5.38. The van der Waals surface area contributed by atoms with Crippen LogP contribution in [0.1, 0.15) is 0 Å². The van der Waals surface area contributed by atoms with Crippen LogP contribution in [0.15, 0.2) is 64.5 Å². The van der Waals surface area contributed by atoms with Crippen molar-refractivity contribution in [2.75, 3.05) is 9.44 Å². The highest BCUT2D eigenvalue weighted by atomic mass is 32.2. The molecule has 10 nitrogen and oxygen atoms in total. The molecule has 3 aromatic carbocycles. The number of aromatic amines is 1. The van der Waals surface area contributed by atoms with Crippen LogP contribution in [0.25, 0.3) is 22.4 Å². The Morgan fingerprint density at radius 3 is 1.73 bits per heavy atom. The van der Waals surface area contributed by atoms with E-state index in [2.05, 4.69) is 20.2 Å². The average molecular weight is 615 g/mol. The van der Waals surface area contributed by atoms with Crippen molar-refractivity contribution >= 4 is 42.7 Å². The number of aromatic nitrogens is 4. The number of sulfonamides is 2. The van der Waals surface area contributed by atoms with Gasteiger partial charge in [0.25, 0.3) is 20.0 Å². The minimum atomic E-state index is -4.75. The predicted molar refractivity (Wildman–Crippen MR) is 131 cm³/mol. The van der Waals surface area contributed by atoms with Crippen molar-refractivity contribution in [1.82, 2.24) is 20.2 Å². The van der Waals surface area contributed by atoms with Gasteiger partial charge in [0.2, 0.25) is 0 Å². The molecule has 212 valence electrons. The highest BCUT2D eigenvalue weighted by Crippen LogP contribution is 2.27. The molecule has 0 spiro atoms. The lowest BCUT2D eigenvalue weighted by molar-refractivity contribution is 0.482. The van der Waals surface area contributed by atoms with E-state index in [-0.39, 0.29) is 46.8 Å². The third-order valence-corrected chi connectivity index (χ3v) is 8.21. The standard InChI is InChI=1S/C23H12F6N6O4S2/c24-12-5-16(28)19(7-14(12)26)40(36,37)34-11-3-1-10(2-4-11)18-9-30-21-22(31-18)32-33-23(21)35-41(38,39)20-8-15(27)13(25)6-17(20)29/h1-9,34H,(H2,31,32,33,35). The van der Waals surface area contributed by atoms with Crippen LogP contribution in [0.5, 0.6) is 0 Å². The van der Waals surface area contributed by atoms with Crippen LogP contribution >= 0.6 is 0 Å². The molecule has 0 aliphatic carbocycles. The molecule has 0 fully saturated rings. The summed E-state index contributed by atoms with van der Waals surface area (Å²) in [6.07, 6.45) is 1.20. The molecule has 5 rings (SSSR count). The van der Waals surface area contributed by atoms with Gasteiger partial charge < -0.3 is 0 Å². The molecule has 0 bridgehead atoms. The first-order chi connectivity index (χ1) is 19.2.